The highest BCUT2D eigenvalue weighted by molar-refractivity contribution is 4.90. The molecule has 2 N–H and O–H groups in total. The fraction of sp³-hybridized carbons (Fsp3) is 1.00. The Morgan fingerprint density at radius 3 is 2.62 bits per heavy atom. The first kappa shape index (κ1) is 11.0. The Kier molecular flexibility index (Phi) is 3.36. The zero-order chi connectivity index (χ0) is 10.1. The molecule has 1 rings (SSSR count). The van der Waals surface area contributed by atoms with Gasteiger partial charge in [0, 0.05) is 18.6 Å². The predicted octanol–water partition coefficient (Wildman–Crippen LogP) is 1.84. The topological polar surface area (TPSA) is 29.3 Å². The molecular formula is C11H24N2. The van der Waals surface area contributed by atoms with Crippen LogP contribution in [-0.4, -0.2) is 30.1 Å². The number of likely N-dealkylation sites (tertiary alicyclic amines) is 1. The van der Waals surface area contributed by atoms with Crippen molar-refractivity contribution in [2.45, 2.75) is 52.6 Å². The minimum absolute atomic E-state index is 0.337. The monoisotopic (exact) mass is 184 g/mol. The van der Waals surface area contributed by atoms with E-state index in [-0.39, 0.29) is 0 Å². The van der Waals surface area contributed by atoms with E-state index in [0.717, 1.165) is 6.54 Å². The molecule has 2 nitrogen and oxygen atoms in total. The third-order valence-corrected chi connectivity index (χ3v) is 3.69. The van der Waals surface area contributed by atoms with Crippen LogP contribution in [0, 0.1) is 5.41 Å². The predicted molar refractivity (Wildman–Crippen MR) is 57.7 cm³/mol. The molecule has 2 atom stereocenters. The summed E-state index contributed by atoms with van der Waals surface area (Å²) in [6.45, 7) is 11.4. The summed E-state index contributed by atoms with van der Waals surface area (Å²) in [5, 5.41) is 0. The normalized spacial score (nSPS) is 31.6. The molecule has 2 unspecified atom stereocenters. The fourth-order valence-electron chi connectivity index (χ4n) is 1.87. The Bertz CT molecular complexity index is 165. The maximum atomic E-state index is 6.15. The van der Waals surface area contributed by atoms with Crippen LogP contribution in [0.3, 0.4) is 0 Å². The van der Waals surface area contributed by atoms with Gasteiger partial charge in [-0.1, -0.05) is 20.8 Å². The van der Waals surface area contributed by atoms with Crippen molar-refractivity contribution in [2.75, 3.05) is 13.1 Å². The number of hydrogen-bond donors (Lipinski definition) is 1. The Hall–Kier alpha value is -0.0800. The van der Waals surface area contributed by atoms with Gasteiger partial charge in [-0.15, -0.1) is 0 Å². The van der Waals surface area contributed by atoms with Gasteiger partial charge >= 0.3 is 0 Å². The summed E-state index contributed by atoms with van der Waals surface area (Å²) in [6.07, 6.45) is 2.46. The number of hydrogen-bond acceptors (Lipinski definition) is 2. The van der Waals surface area contributed by atoms with Crippen molar-refractivity contribution in [1.29, 1.82) is 0 Å². The fourth-order valence-corrected chi connectivity index (χ4v) is 1.87. The molecule has 0 aromatic heterocycles. The molecule has 78 valence electrons. The van der Waals surface area contributed by atoms with Crippen LogP contribution < -0.4 is 5.73 Å². The minimum Gasteiger partial charge on any atom is -0.326 e. The quantitative estimate of drug-likeness (QED) is 0.709. The summed E-state index contributed by atoms with van der Waals surface area (Å²) in [7, 11) is 0. The van der Waals surface area contributed by atoms with Gasteiger partial charge in [-0.3, -0.25) is 4.90 Å². The number of nitrogens with two attached hydrogens (primary N) is 1. The number of piperidine rings is 1. The van der Waals surface area contributed by atoms with E-state index in [0.29, 0.717) is 17.5 Å². The smallest absolute Gasteiger partial charge is 0.0220 e. The Labute approximate surface area is 82.5 Å². The second-order valence-corrected chi connectivity index (χ2v) is 5.10. The summed E-state index contributed by atoms with van der Waals surface area (Å²) in [4.78, 5) is 2.52. The van der Waals surface area contributed by atoms with Crippen LogP contribution in [-0.2, 0) is 0 Å². The summed E-state index contributed by atoms with van der Waals surface area (Å²) < 4.78 is 0. The Morgan fingerprint density at radius 2 is 2.15 bits per heavy atom. The zero-order valence-electron chi connectivity index (χ0n) is 9.51. The molecule has 0 aromatic carbocycles. The van der Waals surface area contributed by atoms with Crippen LogP contribution >= 0.6 is 0 Å². The third kappa shape index (κ3) is 2.44. The number of nitrogens with zero attached hydrogens (tertiary/aromatic N) is 1. The van der Waals surface area contributed by atoms with Gasteiger partial charge in [0.05, 0.1) is 0 Å². The molecule has 1 aliphatic rings. The van der Waals surface area contributed by atoms with E-state index in [9.17, 15) is 0 Å². The Balaban J connectivity index is 2.51. The number of rotatable bonds is 2. The third-order valence-electron chi connectivity index (χ3n) is 3.69. The molecular weight excluding hydrogens is 160 g/mol. The lowest BCUT2D eigenvalue weighted by atomic mass is 9.78. The van der Waals surface area contributed by atoms with Gasteiger partial charge in [0.1, 0.15) is 0 Å². The molecule has 0 bridgehead atoms. The van der Waals surface area contributed by atoms with E-state index in [1.165, 1.54) is 19.4 Å². The van der Waals surface area contributed by atoms with Crippen molar-refractivity contribution < 1.29 is 0 Å². The van der Waals surface area contributed by atoms with E-state index in [1.54, 1.807) is 0 Å². The summed E-state index contributed by atoms with van der Waals surface area (Å²) in [6, 6.07) is 1.04. The van der Waals surface area contributed by atoms with Crippen molar-refractivity contribution in [3.05, 3.63) is 0 Å². The van der Waals surface area contributed by atoms with Crippen LogP contribution in [0.2, 0.25) is 0 Å². The lowest BCUT2D eigenvalue weighted by Crippen LogP contribution is -2.54. The minimum atomic E-state index is 0.337. The van der Waals surface area contributed by atoms with Crippen molar-refractivity contribution in [1.82, 2.24) is 4.90 Å². The first-order chi connectivity index (χ1) is 5.97. The lowest BCUT2D eigenvalue weighted by Gasteiger charge is -2.44. The summed E-state index contributed by atoms with van der Waals surface area (Å²) in [5.74, 6) is 0. The van der Waals surface area contributed by atoms with Crippen molar-refractivity contribution in [2.24, 2.45) is 11.1 Å². The maximum absolute atomic E-state index is 6.15. The highest BCUT2D eigenvalue weighted by atomic mass is 15.2. The van der Waals surface area contributed by atoms with Gasteiger partial charge in [0.2, 0.25) is 0 Å². The average Bonchev–Trinajstić information content (AvgIpc) is 2.08. The molecule has 0 radical (unpaired) electrons. The molecule has 1 fully saturated rings. The molecule has 0 saturated carbocycles. The molecule has 0 aliphatic carbocycles. The van der Waals surface area contributed by atoms with Gasteiger partial charge in [-0.25, -0.2) is 0 Å². The Morgan fingerprint density at radius 1 is 1.54 bits per heavy atom. The van der Waals surface area contributed by atoms with Crippen molar-refractivity contribution >= 4 is 0 Å². The summed E-state index contributed by atoms with van der Waals surface area (Å²) >= 11 is 0. The second kappa shape index (κ2) is 3.97. The van der Waals surface area contributed by atoms with Crippen LogP contribution in [0.4, 0.5) is 0 Å². The molecule has 13 heavy (non-hydrogen) atoms. The van der Waals surface area contributed by atoms with Crippen LogP contribution in [0.1, 0.15) is 40.5 Å². The highest BCUT2D eigenvalue weighted by Crippen LogP contribution is 2.30. The maximum Gasteiger partial charge on any atom is 0.0220 e. The van der Waals surface area contributed by atoms with Gasteiger partial charge in [0.15, 0.2) is 0 Å². The summed E-state index contributed by atoms with van der Waals surface area (Å²) in [5.41, 5.74) is 6.49. The van der Waals surface area contributed by atoms with Gasteiger partial charge in [0.25, 0.3) is 0 Å². The van der Waals surface area contributed by atoms with Crippen LogP contribution in [0.25, 0.3) is 0 Å². The molecule has 1 heterocycles. The highest BCUT2D eigenvalue weighted by Gasteiger charge is 2.33. The molecule has 1 aliphatic heterocycles. The van der Waals surface area contributed by atoms with E-state index in [2.05, 4.69) is 32.6 Å². The lowest BCUT2D eigenvalue weighted by molar-refractivity contribution is 0.0770. The van der Waals surface area contributed by atoms with Crippen molar-refractivity contribution in [3.8, 4) is 0 Å². The van der Waals surface area contributed by atoms with Crippen LogP contribution in [0.15, 0.2) is 0 Å². The van der Waals surface area contributed by atoms with Gasteiger partial charge in [-0.2, -0.15) is 0 Å². The molecule has 0 spiro atoms. The molecule has 0 aromatic rings. The standard InChI is InChI=1S/C11H24N2/c1-5-9(2)13-7-6-11(3,4)10(12)8-13/h9-10H,5-8,12H2,1-4H3. The van der Waals surface area contributed by atoms with E-state index in [4.69, 9.17) is 5.73 Å². The molecule has 0 amide bonds. The van der Waals surface area contributed by atoms with E-state index in [1.807, 2.05) is 0 Å². The SMILES string of the molecule is CCC(C)N1CCC(C)(C)C(N)C1. The van der Waals surface area contributed by atoms with Crippen LogP contribution in [0.5, 0.6) is 0 Å². The largest absolute Gasteiger partial charge is 0.326 e. The molecule has 1 saturated heterocycles. The van der Waals surface area contributed by atoms with Gasteiger partial charge < -0.3 is 5.73 Å². The van der Waals surface area contributed by atoms with Gasteiger partial charge in [-0.05, 0) is 31.7 Å². The molecule has 2 heteroatoms. The second-order valence-electron chi connectivity index (χ2n) is 5.10. The first-order valence-corrected chi connectivity index (χ1v) is 5.47. The van der Waals surface area contributed by atoms with E-state index < -0.39 is 0 Å². The first-order valence-electron chi connectivity index (χ1n) is 5.47. The van der Waals surface area contributed by atoms with E-state index >= 15 is 0 Å². The average molecular weight is 184 g/mol. The van der Waals surface area contributed by atoms with Crippen molar-refractivity contribution in [3.63, 3.8) is 0 Å². The zero-order valence-corrected chi connectivity index (χ0v) is 9.51.